The maximum absolute atomic E-state index is 11.2. The number of nitrogens with zero attached hydrogens (tertiary/aromatic N) is 2. The highest BCUT2D eigenvalue weighted by Crippen LogP contribution is 2.23. The molecule has 0 saturated heterocycles. The first-order chi connectivity index (χ1) is 8.32. The van der Waals surface area contributed by atoms with Gasteiger partial charge in [0.15, 0.2) is 0 Å². The normalized spacial score (nSPS) is 12.6. The lowest BCUT2D eigenvalue weighted by Gasteiger charge is -2.29. The van der Waals surface area contributed by atoms with Crippen molar-refractivity contribution in [2.75, 3.05) is 11.9 Å². The number of carbonyl (C=O) groups is 1. The zero-order valence-corrected chi connectivity index (χ0v) is 11.8. The minimum atomic E-state index is -0.930. The number of hydrogen-bond acceptors (Lipinski definition) is 3. The van der Waals surface area contributed by atoms with Gasteiger partial charge in [-0.15, -0.1) is 0 Å². The van der Waals surface area contributed by atoms with Crippen LogP contribution in [0.5, 0.6) is 0 Å². The van der Waals surface area contributed by atoms with Gasteiger partial charge in [-0.25, -0.2) is 4.79 Å². The van der Waals surface area contributed by atoms with E-state index in [2.05, 4.69) is 25.8 Å². The second kappa shape index (κ2) is 5.85. The van der Waals surface area contributed by atoms with Crippen molar-refractivity contribution in [3.8, 4) is 0 Å². The van der Waals surface area contributed by atoms with Crippen LogP contribution in [0.25, 0.3) is 0 Å². The van der Waals surface area contributed by atoms with E-state index < -0.39 is 5.97 Å². The Balaban J connectivity index is 3.06. The summed E-state index contributed by atoms with van der Waals surface area (Å²) in [6.45, 7) is 8.32. The Hall–Kier alpha value is -1.58. The molecule has 0 amide bonds. The number of carboxylic acids is 1. The lowest BCUT2D eigenvalue weighted by Crippen LogP contribution is -2.31. The molecule has 0 aliphatic heterocycles. The number of aromatic nitrogens is 1. The predicted octanol–water partition coefficient (Wildman–Crippen LogP) is 2.96. The van der Waals surface area contributed by atoms with E-state index in [-0.39, 0.29) is 5.56 Å². The van der Waals surface area contributed by atoms with Crippen molar-refractivity contribution in [3.63, 3.8) is 0 Å². The Morgan fingerprint density at radius 1 is 1.44 bits per heavy atom. The van der Waals surface area contributed by atoms with E-state index in [1.54, 1.807) is 0 Å². The van der Waals surface area contributed by atoms with Crippen molar-refractivity contribution in [3.05, 3.63) is 23.5 Å². The SMILES string of the molecule is Cc1cc(N(C)C(C)CC(C)C)c(C(=O)O)cn1. The van der Waals surface area contributed by atoms with Crippen molar-refractivity contribution in [1.29, 1.82) is 0 Å². The molecular weight excluding hydrogens is 228 g/mol. The summed E-state index contributed by atoms with van der Waals surface area (Å²) in [5, 5.41) is 9.20. The van der Waals surface area contributed by atoms with Crippen molar-refractivity contribution >= 4 is 11.7 Å². The van der Waals surface area contributed by atoms with Gasteiger partial charge in [0.1, 0.15) is 5.56 Å². The summed E-state index contributed by atoms with van der Waals surface area (Å²) in [5.74, 6) is -0.347. The first-order valence-electron chi connectivity index (χ1n) is 6.25. The molecule has 0 aromatic carbocycles. The van der Waals surface area contributed by atoms with Gasteiger partial charge in [0.05, 0.1) is 5.69 Å². The third-order valence-electron chi connectivity index (χ3n) is 3.10. The minimum Gasteiger partial charge on any atom is -0.478 e. The number of pyridine rings is 1. The molecule has 1 aromatic heterocycles. The topological polar surface area (TPSA) is 53.4 Å². The van der Waals surface area contributed by atoms with Crippen LogP contribution in [0, 0.1) is 12.8 Å². The standard InChI is InChI=1S/C14H22N2O2/c1-9(2)6-11(4)16(5)13-7-10(3)15-8-12(13)14(17)18/h7-9,11H,6H2,1-5H3,(H,17,18). The summed E-state index contributed by atoms with van der Waals surface area (Å²) in [4.78, 5) is 17.3. The maximum atomic E-state index is 11.2. The number of aromatic carboxylic acids is 1. The van der Waals surface area contributed by atoms with Crippen molar-refractivity contribution in [2.45, 2.75) is 40.2 Å². The van der Waals surface area contributed by atoms with Crippen LogP contribution in [0.4, 0.5) is 5.69 Å². The third-order valence-corrected chi connectivity index (χ3v) is 3.10. The van der Waals surface area contributed by atoms with Gasteiger partial charge in [-0.05, 0) is 32.3 Å². The van der Waals surface area contributed by atoms with Gasteiger partial charge in [0.2, 0.25) is 0 Å². The third kappa shape index (κ3) is 3.45. The number of carboxylic acid groups (broad SMARTS) is 1. The second-order valence-corrected chi connectivity index (χ2v) is 5.24. The fraction of sp³-hybridized carbons (Fsp3) is 0.571. The van der Waals surface area contributed by atoms with Gasteiger partial charge in [-0.1, -0.05) is 13.8 Å². The van der Waals surface area contributed by atoms with Gasteiger partial charge >= 0.3 is 5.97 Å². The molecule has 0 saturated carbocycles. The molecule has 1 heterocycles. The molecule has 1 rings (SSSR count). The lowest BCUT2D eigenvalue weighted by atomic mass is 10.0. The van der Waals surface area contributed by atoms with E-state index in [1.807, 2.05) is 24.9 Å². The number of rotatable bonds is 5. The molecule has 1 atom stereocenters. The molecule has 100 valence electrons. The van der Waals surface area contributed by atoms with Crippen LogP contribution in [0.15, 0.2) is 12.3 Å². The Morgan fingerprint density at radius 2 is 2.06 bits per heavy atom. The molecule has 0 spiro atoms. The summed E-state index contributed by atoms with van der Waals surface area (Å²) in [5.41, 5.74) is 1.83. The van der Waals surface area contributed by atoms with Gasteiger partial charge in [0.25, 0.3) is 0 Å². The fourth-order valence-corrected chi connectivity index (χ4v) is 2.08. The predicted molar refractivity (Wildman–Crippen MR) is 73.3 cm³/mol. The van der Waals surface area contributed by atoms with E-state index in [0.717, 1.165) is 17.8 Å². The van der Waals surface area contributed by atoms with Crippen molar-refractivity contribution in [2.24, 2.45) is 5.92 Å². The van der Waals surface area contributed by atoms with E-state index in [1.165, 1.54) is 6.20 Å². The molecule has 1 unspecified atom stereocenters. The zero-order valence-electron chi connectivity index (χ0n) is 11.8. The average Bonchev–Trinajstić information content (AvgIpc) is 2.26. The van der Waals surface area contributed by atoms with E-state index >= 15 is 0 Å². The Labute approximate surface area is 109 Å². The molecule has 4 nitrogen and oxygen atoms in total. The smallest absolute Gasteiger partial charge is 0.339 e. The highest BCUT2D eigenvalue weighted by Gasteiger charge is 2.18. The first-order valence-corrected chi connectivity index (χ1v) is 6.25. The molecule has 4 heteroatoms. The molecule has 1 N–H and O–H groups in total. The van der Waals surface area contributed by atoms with E-state index in [0.29, 0.717) is 12.0 Å². The van der Waals surface area contributed by atoms with Crippen LogP contribution in [0.3, 0.4) is 0 Å². The molecule has 0 radical (unpaired) electrons. The van der Waals surface area contributed by atoms with Crippen molar-refractivity contribution in [1.82, 2.24) is 4.98 Å². The summed E-state index contributed by atoms with van der Waals surface area (Å²) in [6.07, 6.45) is 2.46. The molecule has 0 aliphatic rings. The van der Waals surface area contributed by atoms with Gasteiger partial charge in [0, 0.05) is 25.0 Å². The number of aryl methyl sites for hydroxylation is 1. The second-order valence-electron chi connectivity index (χ2n) is 5.24. The first kappa shape index (κ1) is 14.5. The highest BCUT2D eigenvalue weighted by molar-refractivity contribution is 5.94. The number of hydrogen-bond donors (Lipinski definition) is 1. The van der Waals surface area contributed by atoms with Crippen LogP contribution in [-0.2, 0) is 0 Å². The largest absolute Gasteiger partial charge is 0.478 e. The monoisotopic (exact) mass is 250 g/mol. The van der Waals surface area contributed by atoms with Crippen LogP contribution in [0.1, 0.15) is 43.2 Å². The molecule has 18 heavy (non-hydrogen) atoms. The summed E-state index contributed by atoms with van der Waals surface area (Å²) < 4.78 is 0. The Kier molecular flexibility index (Phi) is 4.70. The number of anilines is 1. The van der Waals surface area contributed by atoms with Gasteiger partial charge in [-0.3, -0.25) is 4.98 Å². The molecule has 0 bridgehead atoms. The van der Waals surface area contributed by atoms with Crippen molar-refractivity contribution < 1.29 is 9.90 Å². The zero-order chi connectivity index (χ0) is 13.9. The van der Waals surface area contributed by atoms with E-state index in [4.69, 9.17) is 0 Å². The van der Waals surface area contributed by atoms with E-state index in [9.17, 15) is 9.90 Å². The summed E-state index contributed by atoms with van der Waals surface area (Å²) in [7, 11) is 1.94. The molecule has 0 aliphatic carbocycles. The average molecular weight is 250 g/mol. The molecule has 1 aromatic rings. The fourth-order valence-electron chi connectivity index (χ4n) is 2.08. The molecule has 0 fully saturated rings. The quantitative estimate of drug-likeness (QED) is 0.873. The Bertz CT molecular complexity index is 430. The molecular formula is C14H22N2O2. The van der Waals surface area contributed by atoms with Crippen LogP contribution < -0.4 is 4.90 Å². The minimum absolute atomic E-state index is 0.263. The van der Waals surface area contributed by atoms with Gasteiger partial charge in [-0.2, -0.15) is 0 Å². The lowest BCUT2D eigenvalue weighted by molar-refractivity contribution is 0.0697. The maximum Gasteiger partial charge on any atom is 0.339 e. The summed E-state index contributed by atoms with van der Waals surface area (Å²) in [6, 6.07) is 2.13. The van der Waals surface area contributed by atoms with Crippen LogP contribution in [0.2, 0.25) is 0 Å². The highest BCUT2D eigenvalue weighted by atomic mass is 16.4. The summed E-state index contributed by atoms with van der Waals surface area (Å²) >= 11 is 0. The van der Waals surface area contributed by atoms with Crippen LogP contribution >= 0.6 is 0 Å². The van der Waals surface area contributed by atoms with Crippen LogP contribution in [-0.4, -0.2) is 29.1 Å². The van der Waals surface area contributed by atoms with Gasteiger partial charge < -0.3 is 10.0 Å². The Morgan fingerprint density at radius 3 is 2.56 bits per heavy atom.